The van der Waals surface area contributed by atoms with Crippen molar-refractivity contribution >= 4 is 5.91 Å². The number of aromatic nitrogens is 2. The number of rotatable bonds is 5. The van der Waals surface area contributed by atoms with Gasteiger partial charge in [0, 0.05) is 43.5 Å². The molecule has 0 radical (unpaired) electrons. The Morgan fingerprint density at radius 2 is 1.64 bits per heavy atom. The Balaban J connectivity index is 1.29. The number of likely N-dealkylation sites (tertiary alicyclic amines) is 1. The van der Waals surface area contributed by atoms with Gasteiger partial charge in [0.25, 0.3) is 0 Å². The van der Waals surface area contributed by atoms with Crippen LogP contribution in [0, 0.1) is 11.8 Å². The van der Waals surface area contributed by atoms with Crippen molar-refractivity contribution in [2.45, 2.75) is 25.8 Å². The number of carbonyl (C=O) groups is 1. The van der Waals surface area contributed by atoms with E-state index in [0.29, 0.717) is 17.7 Å². The van der Waals surface area contributed by atoms with Crippen LogP contribution in [0.1, 0.15) is 19.3 Å². The zero-order valence-corrected chi connectivity index (χ0v) is 16.0. The molecule has 1 amide bonds. The summed E-state index contributed by atoms with van der Waals surface area (Å²) in [4.78, 5) is 19.0. The topological polar surface area (TPSA) is 38.1 Å². The number of hydrogen-bond acceptors (Lipinski definition) is 2. The molecule has 2 heterocycles. The van der Waals surface area contributed by atoms with Crippen molar-refractivity contribution in [2.24, 2.45) is 11.8 Å². The zero-order chi connectivity index (χ0) is 18.9. The van der Waals surface area contributed by atoms with Gasteiger partial charge >= 0.3 is 0 Å². The Morgan fingerprint density at radius 1 is 0.929 bits per heavy atom. The van der Waals surface area contributed by atoms with Crippen LogP contribution in [0.3, 0.4) is 0 Å². The summed E-state index contributed by atoms with van der Waals surface area (Å²) in [6, 6.07) is 19.1. The average Bonchev–Trinajstić information content (AvgIpc) is 3.32. The molecule has 0 spiro atoms. The van der Waals surface area contributed by atoms with Gasteiger partial charge in [-0.25, -0.2) is 4.98 Å². The van der Waals surface area contributed by atoms with E-state index in [1.165, 1.54) is 11.1 Å². The van der Waals surface area contributed by atoms with Gasteiger partial charge in [-0.15, -0.1) is 0 Å². The van der Waals surface area contributed by atoms with Gasteiger partial charge in [0.15, 0.2) is 0 Å². The first-order valence-electron chi connectivity index (χ1n) is 10.2. The SMILES string of the molecule is O=C(C1CC1)N1CC[C@H](Cn2ccnc2-c2ccc(-c3ccccc3)cc2)C1. The minimum absolute atomic E-state index is 0.325. The van der Waals surface area contributed by atoms with Gasteiger partial charge < -0.3 is 9.47 Å². The lowest BCUT2D eigenvalue weighted by molar-refractivity contribution is -0.131. The minimum Gasteiger partial charge on any atom is -0.342 e. The highest BCUT2D eigenvalue weighted by atomic mass is 16.2. The molecule has 2 aromatic carbocycles. The maximum atomic E-state index is 12.3. The summed E-state index contributed by atoms with van der Waals surface area (Å²) >= 11 is 0. The maximum Gasteiger partial charge on any atom is 0.225 e. The Kier molecular flexibility index (Phi) is 4.47. The molecule has 1 saturated heterocycles. The number of imidazole rings is 1. The van der Waals surface area contributed by atoms with E-state index < -0.39 is 0 Å². The molecular formula is C24H25N3O. The number of nitrogens with zero attached hydrogens (tertiary/aromatic N) is 3. The van der Waals surface area contributed by atoms with Gasteiger partial charge in [-0.05, 0) is 36.3 Å². The summed E-state index contributed by atoms with van der Waals surface area (Å²) in [6.45, 7) is 2.72. The van der Waals surface area contributed by atoms with E-state index in [1.807, 2.05) is 12.3 Å². The Labute approximate surface area is 165 Å². The second-order valence-corrected chi connectivity index (χ2v) is 8.06. The van der Waals surface area contributed by atoms with Crippen molar-refractivity contribution in [1.29, 1.82) is 0 Å². The molecule has 142 valence electrons. The third kappa shape index (κ3) is 3.47. The standard InChI is InChI=1S/C24H25N3O/c28-24(22-10-11-22)27-14-12-18(17-27)16-26-15-13-25-23(26)21-8-6-20(7-9-21)19-4-2-1-3-5-19/h1-9,13,15,18,22H,10-12,14,16-17H2/t18-/m1/s1. The molecule has 3 aromatic rings. The fraction of sp³-hybridized carbons (Fsp3) is 0.333. The number of amides is 1. The molecule has 4 nitrogen and oxygen atoms in total. The van der Waals surface area contributed by atoms with E-state index in [2.05, 4.69) is 69.2 Å². The normalized spacial score (nSPS) is 19.1. The van der Waals surface area contributed by atoms with Crippen LogP contribution in [-0.2, 0) is 11.3 Å². The van der Waals surface area contributed by atoms with Gasteiger partial charge in [0.2, 0.25) is 5.91 Å². The molecule has 0 bridgehead atoms. The number of hydrogen-bond donors (Lipinski definition) is 0. The molecule has 4 heteroatoms. The van der Waals surface area contributed by atoms with Crippen LogP contribution in [0.2, 0.25) is 0 Å². The van der Waals surface area contributed by atoms with Crippen LogP contribution in [0.15, 0.2) is 67.0 Å². The first kappa shape index (κ1) is 17.2. The lowest BCUT2D eigenvalue weighted by Crippen LogP contribution is -2.30. The first-order valence-corrected chi connectivity index (χ1v) is 10.2. The fourth-order valence-electron chi connectivity index (χ4n) is 4.21. The molecule has 28 heavy (non-hydrogen) atoms. The van der Waals surface area contributed by atoms with Crippen LogP contribution < -0.4 is 0 Å². The third-order valence-electron chi connectivity index (χ3n) is 5.94. The highest BCUT2D eigenvalue weighted by Crippen LogP contribution is 2.33. The summed E-state index contributed by atoms with van der Waals surface area (Å²) in [6.07, 6.45) is 7.20. The number of benzene rings is 2. The Bertz CT molecular complexity index is 957. The molecular weight excluding hydrogens is 346 g/mol. The quantitative estimate of drug-likeness (QED) is 0.663. The minimum atomic E-state index is 0.325. The van der Waals surface area contributed by atoms with E-state index >= 15 is 0 Å². The molecule has 1 atom stereocenters. The predicted octanol–water partition coefficient (Wildman–Crippen LogP) is 4.48. The van der Waals surface area contributed by atoms with E-state index in [4.69, 9.17) is 0 Å². The van der Waals surface area contributed by atoms with Crippen molar-refractivity contribution in [3.63, 3.8) is 0 Å². The van der Waals surface area contributed by atoms with Gasteiger partial charge in [0.1, 0.15) is 5.82 Å². The number of carbonyl (C=O) groups excluding carboxylic acids is 1. The molecule has 0 unspecified atom stereocenters. The summed E-state index contributed by atoms with van der Waals surface area (Å²) < 4.78 is 2.24. The van der Waals surface area contributed by atoms with Gasteiger partial charge in [-0.1, -0.05) is 54.6 Å². The highest BCUT2D eigenvalue weighted by Gasteiger charge is 2.36. The van der Waals surface area contributed by atoms with Crippen molar-refractivity contribution < 1.29 is 4.79 Å². The van der Waals surface area contributed by atoms with Gasteiger partial charge in [-0.3, -0.25) is 4.79 Å². The van der Waals surface area contributed by atoms with Gasteiger partial charge in [-0.2, -0.15) is 0 Å². The van der Waals surface area contributed by atoms with Gasteiger partial charge in [0.05, 0.1) is 0 Å². The summed E-state index contributed by atoms with van der Waals surface area (Å²) in [7, 11) is 0. The smallest absolute Gasteiger partial charge is 0.225 e. The predicted molar refractivity (Wildman–Crippen MR) is 111 cm³/mol. The lowest BCUT2D eigenvalue weighted by Gasteiger charge is -2.17. The van der Waals surface area contributed by atoms with Crippen LogP contribution in [0.5, 0.6) is 0 Å². The molecule has 1 saturated carbocycles. The van der Waals surface area contributed by atoms with Crippen molar-refractivity contribution in [3.8, 4) is 22.5 Å². The maximum absolute atomic E-state index is 12.3. The zero-order valence-electron chi connectivity index (χ0n) is 16.0. The molecule has 2 aliphatic rings. The van der Waals surface area contributed by atoms with Crippen LogP contribution in [0.25, 0.3) is 22.5 Å². The van der Waals surface area contributed by atoms with E-state index in [0.717, 1.165) is 50.3 Å². The molecule has 2 fully saturated rings. The second kappa shape index (κ2) is 7.27. The van der Waals surface area contributed by atoms with Crippen molar-refractivity contribution in [2.75, 3.05) is 13.1 Å². The van der Waals surface area contributed by atoms with E-state index in [-0.39, 0.29) is 0 Å². The largest absolute Gasteiger partial charge is 0.342 e. The molecule has 5 rings (SSSR count). The van der Waals surface area contributed by atoms with Crippen molar-refractivity contribution in [1.82, 2.24) is 14.5 Å². The first-order chi connectivity index (χ1) is 13.8. The fourth-order valence-corrected chi connectivity index (χ4v) is 4.21. The monoisotopic (exact) mass is 371 g/mol. The van der Waals surface area contributed by atoms with E-state index in [1.54, 1.807) is 0 Å². The second-order valence-electron chi connectivity index (χ2n) is 8.06. The Morgan fingerprint density at radius 3 is 2.39 bits per heavy atom. The molecule has 1 aromatic heterocycles. The molecule has 0 N–H and O–H groups in total. The van der Waals surface area contributed by atoms with Crippen LogP contribution in [0.4, 0.5) is 0 Å². The average molecular weight is 371 g/mol. The highest BCUT2D eigenvalue weighted by molar-refractivity contribution is 5.81. The van der Waals surface area contributed by atoms with Crippen LogP contribution in [-0.4, -0.2) is 33.4 Å². The third-order valence-corrected chi connectivity index (χ3v) is 5.94. The summed E-state index contributed by atoms with van der Waals surface area (Å²) in [5, 5.41) is 0. The van der Waals surface area contributed by atoms with E-state index in [9.17, 15) is 4.79 Å². The Hall–Kier alpha value is -2.88. The van der Waals surface area contributed by atoms with Crippen molar-refractivity contribution in [3.05, 3.63) is 67.0 Å². The lowest BCUT2D eigenvalue weighted by atomic mass is 10.0. The summed E-state index contributed by atoms with van der Waals surface area (Å²) in [5.74, 6) is 2.22. The molecule has 1 aliphatic carbocycles. The summed E-state index contributed by atoms with van der Waals surface area (Å²) in [5.41, 5.74) is 3.57. The molecule has 1 aliphatic heterocycles. The van der Waals surface area contributed by atoms with Crippen LogP contribution >= 0.6 is 0 Å².